The van der Waals surface area contributed by atoms with Crippen LogP contribution in [0.2, 0.25) is 0 Å². The second-order valence-electron chi connectivity index (χ2n) is 8.43. The fourth-order valence-electron chi connectivity index (χ4n) is 3.22. The number of hydrogen-bond acceptors (Lipinski definition) is 5. The van der Waals surface area contributed by atoms with Crippen LogP contribution in [-0.4, -0.2) is 44.3 Å². The summed E-state index contributed by atoms with van der Waals surface area (Å²) in [5.74, 6) is 0.0369. The first-order chi connectivity index (χ1) is 14.8. The van der Waals surface area contributed by atoms with Gasteiger partial charge >= 0.3 is 11.8 Å². The van der Waals surface area contributed by atoms with Gasteiger partial charge in [0.2, 0.25) is 0 Å². The lowest BCUT2D eigenvalue weighted by Gasteiger charge is -2.22. The lowest BCUT2D eigenvalue weighted by atomic mass is 9.86. The number of rotatable bonds is 7. The van der Waals surface area contributed by atoms with Gasteiger partial charge in [-0.15, -0.1) is 0 Å². The molecule has 31 heavy (non-hydrogen) atoms. The van der Waals surface area contributed by atoms with Gasteiger partial charge < -0.3 is 24.8 Å². The lowest BCUT2D eigenvalue weighted by molar-refractivity contribution is -0.136. The summed E-state index contributed by atoms with van der Waals surface area (Å²) in [4.78, 5) is 24.2. The zero-order valence-corrected chi connectivity index (χ0v) is 18.3. The summed E-state index contributed by atoms with van der Waals surface area (Å²) in [7, 11) is 0. The smallest absolute Gasteiger partial charge is 0.313 e. The summed E-state index contributed by atoms with van der Waals surface area (Å²) in [6.07, 6.45) is 0.924. The van der Waals surface area contributed by atoms with Gasteiger partial charge in [0.05, 0.1) is 19.8 Å². The quantitative estimate of drug-likeness (QED) is 0.524. The van der Waals surface area contributed by atoms with E-state index in [0.29, 0.717) is 24.7 Å². The predicted octanol–water partition coefficient (Wildman–Crippen LogP) is 3.29. The molecule has 0 bridgehead atoms. The standard InChI is InChI=1S/C24H30N2O5/c1-24(2,3)20-6-4-5-7-21(20)30-15-13-25-22(27)23(28)26-17-8-10-18(11-9-17)31-19-12-14-29-16-19/h4-11,19H,12-16H2,1-3H3,(H,25,27)(H,26,28). The molecule has 1 atom stereocenters. The number of benzene rings is 2. The Hall–Kier alpha value is -3.06. The summed E-state index contributed by atoms with van der Waals surface area (Å²) in [6.45, 7) is 8.13. The molecule has 166 valence electrons. The number of ether oxygens (including phenoxy) is 3. The molecule has 0 aromatic heterocycles. The van der Waals surface area contributed by atoms with Crippen LogP contribution < -0.4 is 20.1 Å². The van der Waals surface area contributed by atoms with E-state index in [0.717, 1.165) is 17.7 Å². The average molecular weight is 427 g/mol. The largest absolute Gasteiger partial charge is 0.491 e. The summed E-state index contributed by atoms with van der Waals surface area (Å²) in [5, 5.41) is 5.15. The van der Waals surface area contributed by atoms with Crippen LogP contribution in [0.4, 0.5) is 5.69 Å². The average Bonchev–Trinajstić information content (AvgIpc) is 3.25. The number of amides is 2. The van der Waals surface area contributed by atoms with Crippen molar-refractivity contribution in [1.29, 1.82) is 0 Å². The normalized spacial score (nSPS) is 15.9. The molecule has 0 radical (unpaired) electrons. The fraction of sp³-hybridized carbons (Fsp3) is 0.417. The molecule has 2 amide bonds. The first-order valence-corrected chi connectivity index (χ1v) is 10.5. The first kappa shape index (κ1) is 22.6. The zero-order valence-electron chi connectivity index (χ0n) is 18.3. The van der Waals surface area contributed by atoms with Crippen LogP contribution in [0.1, 0.15) is 32.8 Å². The minimum Gasteiger partial charge on any atom is -0.491 e. The highest BCUT2D eigenvalue weighted by atomic mass is 16.5. The number of carbonyl (C=O) groups excluding carboxylic acids is 2. The van der Waals surface area contributed by atoms with Crippen molar-refractivity contribution in [3.05, 3.63) is 54.1 Å². The Bertz CT molecular complexity index is 884. The van der Waals surface area contributed by atoms with E-state index in [2.05, 4.69) is 31.4 Å². The Balaban J connectivity index is 1.41. The van der Waals surface area contributed by atoms with Crippen molar-refractivity contribution in [3.63, 3.8) is 0 Å². The van der Waals surface area contributed by atoms with Gasteiger partial charge in [0.1, 0.15) is 24.2 Å². The molecule has 7 nitrogen and oxygen atoms in total. The van der Waals surface area contributed by atoms with E-state index >= 15 is 0 Å². The monoisotopic (exact) mass is 426 g/mol. The van der Waals surface area contributed by atoms with Crippen molar-refractivity contribution < 1.29 is 23.8 Å². The molecule has 3 rings (SSSR count). The van der Waals surface area contributed by atoms with Crippen molar-refractivity contribution in [1.82, 2.24) is 5.32 Å². The Morgan fingerprint density at radius 2 is 1.81 bits per heavy atom. The topological polar surface area (TPSA) is 85.9 Å². The number of para-hydroxylation sites is 1. The molecule has 0 spiro atoms. The number of carbonyl (C=O) groups is 2. The minimum atomic E-state index is -0.729. The first-order valence-electron chi connectivity index (χ1n) is 10.5. The van der Waals surface area contributed by atoms with Gasteiger partial charge in [0, 0.05) is 12.1 Å². The number of hydrogen-bond donors (Lipinski definition) is 2. The number of anilines is 1. The van der Waals surface area contributed by atoms with Gasteiger partial charge in [-0.05, 0) is 41.3 Å². The van der Waals surface area contributed by atoms with Gasteiger partial charge in [-0.3, -0.25) is 9.59 Å². The van der Waals surface area contributed by atoms with Gasteiger partial charge in [-0.25, -0.2) is 0 Å². The molecule has 1 aliphatic heterocycles. The van der Waals surface area contributed by atoms with Crippen molar-refractivity contribution in [2.24, 2.45) is 0 Å². The Labute approximate surface area is 183 Å². The molecule has 1 saturated heterocycles. The van der Waals surface area contributed by atoms with Crippen LogP contribution >= 0.6 is 0 Å². The van der Waals surface area contributed by atoms with Crippen LogP contribution in [0.5, 0.6) is 11.5 Å². The molecule has 1 aliphatic rings. The third-order valence-corrected chi connectivity index (χ3v) is 4.85. The summed E-state index contributed by atoms with van der Waals surface area (Å²) < 4.78 is 16.9. The van der Waals surface area contributed by atoms with Gasteiger partial charge in [-0.2, -0.15) is 0 Å². The lowest BCUT2D eigenvalue weighted by Crippen LogP contribution is -2.37. The van der Waals surface area contributed by atoms with Crippen LogP contribution in [0, 0.1) is 0 Å². The maximum atomic E-state index is 12.1. The molecule has 2 aromatic carbocycles. The SMILES string of the molecule is CC(C)(C)c1ccccc1OCCNC(=O)C(=O)Nc1ccc(OC2CCOC2)cc1. The molecule has 2 aromatic rings. The highest BCUT2D eigenvalue weighted by molar-refractivity contribution is 6.39. The molecule has 0 aliphatic carbocycles. The molecular formula is C24H30N2O5. The molecular weight excluding hydrogens is 396 g/mol. The second-order valence-corrected chi connectivity index (χ2v) is 8.43. The van der Waals surface area contributed by atoms with E-state index < -0.39 is 11.8 Å². The van der Waals surface area contributed by atoms with Crippen LogP contribution in [-0.2, 0) is 19.7 Å². The summed E-state index contributed by atoms with van der Waals surface area (Å²) >= 11 is 0. The van der Waals surface area contributed by atoms with E-state index in [1.807, 2.05) is 24.3 Å². The van der Waals surface area contributed by atoms with Crippen LogP contribution in [0.25, 0.3) is 0 Å². The van der Waals surface area contributed by atoms with E-state index in [9.17, 15) is 9.59 Å². The maximum absolute atomic E-state index is 12.1. The maximum Gasteiger partial charge on any atom is 0.313 e. The molecule has 1 fully saturated rings. The van der Waals surface area contributed by atoms with Crippen LogP contribution in [0.15, 0.2) is 48.5 Å². The predicted molar refractivity (Wildman–Crippen MR) is 119 cm³/mol. The molecule has 2 N–H and O–H groups in total. The Morgan fingerprint density at radius 3 is 2.48 bits per heavy atom. The number of nitrogens with one attached hydrogen (secondary N) is 2. The van der Waals surface area contributed by atoms with Crippen molar-refractivity contribution in [2.45, 2.75) is 38.7 Å². The van der Waals surface area contributed by atoms with Crippen molar-refractivity contribution in [2.75, 3.05) is 31.7 Å². The van der Waals surface area contributed by atoms with Gasteiger partial charge in [0.15, 0.2) is 0 Å². The van der Waals surface area contributed by atoms with E-state index in [1.54, 1.807) is 24.3 Å². The third-order valence-electron chi connectivity index (χ3n) is 4.85. The summed E-state index contributed by atoms with van der Waals surface area (Å²) in [6, 6.07) is 14.7. The molecule has 1 unspecified atom stereocenters. The third kappa shape index (κ3) is 6.72. The molecule has 0 saturated carbocycles. The van der Waals surface area contributed by atoms with Crippen LogP contribution in [0.3, 0.4) is 0 Å². The highest BCUT2D eigenvalue weighted by Gasteiger charge is 2.19. The fourth-order valence-corrected chi connectivity index (χ4v) is 3.22. The van der Waals surface area contributed by atoms with Gasteiger partial charge in [0.25, 0.3) is 0 Å². The minimum absolute atomic E-state index is 0.0504. The van der Waals surface area contributed by atoms with Crippen molar-refractivity contribution in [3.8, 4) is 11.5 Å². The molecule has 7 heteroatoms. The van der Waals surface area contributed by atoms with Gasteiger partial charge in [-0.1, -0.05) is 39.0 Å². The second kappa shape index (κ2) is 10.3. The Kier molecular flexibility index (Phi) is 7.52. The van der Waals surface area contributed by atoms with E-state index in [-0.39, 0.29) is 24.7 Å². The zero-order chi connectivity index (χ0) is 22.3. The summed E-state index contributed by atoms with van der Waals surface area (Å²) in [5.41, 5.74) is 1.56. The molecule has 1 heterocycles. The van der Waals surface area contributed by atoms with Crippen molar-refractivity contribution >= 4 is 17.5 Å². The Morgan fingerprint density at radius 1 is 1.06 bits per heavy atom. The highest BCUT2D eigenvalue weighted by Crippen LogP contribution is 2.30. The van der Waals surface area contributed by atoms with E-state index in [4.69, 9.17) is 14.2 Å². The van der Waals surface area contributed by atoms with E-state index in [1.165, 1.54) is 0 Å².